The molecule has 0 aromatic heterocycles. The van der Waals surface area contributed by atoms with Gasteiger partial charge in [-0.15, -0.1) is 0 Å². The molecule has 2 saturated carbocycles. The summed E-state index contributed by atoms with van der Waals surface area (Å²) >= 11 is 1.88. The van der Waals surface area contributed by atoms with E-state index in [1.807, 2.05) is 11.8 Å². The number of hydrogen-bond donors (Lipinski definition) is 2. The van der Waals surface area contributed by atoms with Crippen molar-refractivity contribution in [2.75, 3.05) is 12.8 Å². The van der Waals surface area contributed by atoms with Gasteiger partial charge in [-0.25, -0.2) is 4.79 Å². The predicted molar refractivity (Wildman–Crippen MR) is 80.1 cm³/mol. The standard InChI is InChI=1S/C14H24N2O3S/c1-20-12-4-2-3-10(9-12)15-14(19)16(11-5-6-11)8-7-13(17)18/h10-12H,2-9H2,1H3,(H,15,19)(H,17,18). The Balaban J connectivity index is 1.83. The van der Waals surface area contributed by atoms with Crippen LogP contribution in [0, 0.1) is 0 Å². The minimum atomic E-state index is -0.844. The van der Waals surface area contributed by atoms with Gasteiger partial charge < -0.3 is 15.3 Å². The molecule has 0 radical (unpaired) electrons. The topological polar surface area (TPSA) is 69.6 Å². The predicted octanol–water partition coefficient (Wildman–Crippen LogP) is 2.31. The molecule has 2 fully saturated rings. The van der Waals surface area contributed by atoms with Crippen LogP contribution in [0.3, 0.4) is 0 Å². The third-order valence-corrected chi connectivity index (χ3v) is 5.20. The number of aliphatic carboxylic acids is 1. The average Bonchev–Trinajstić information content (AvgIpc) is 3.23. The molecule has 0 saturated heterocycles. The van der Waals surface area contributed by atoms with Crippen molar-refractivity contribution in [3.8, 4) is 0 Å². The van der Waals surface area contributed by atoms with Crippen LogP contribution in [0.5, 0.6) is 0 Å². The number of carboxylic acid groups (broad SMARTS) is 1. The number of thioether (sulfide) groups is 1. The summed E-state index contributed by atoms with van der Waals surface area (Å²) in [7, 11) is 0. The molecule has 2 amide bonds. The Morgan fingerprint density at radius 2 is 2.05 bits per heavy atom. The fourth-order valence-corrected chi connectivity index (χ4v) is 3.63. The Hall–Kier alpha value is -0.910. The monoisotopic (exact) mass is 300 g/mol. The highest BCUT2D eigenvalue weighted by molar-refractivity contribution is 7.99. The summed E-state index contributed by atoms with van der Waals surface area (Å²) in [4.78, 5) is 24.7. The van der Waals surface area contributed by atoms with Crippen molar-refractivity contribution in [1.82, 2.24) is 10.2 Å². The van der Waals surface area contributed by atoms with Gasteiger partial charge in [-0.05, 0) is 38.4 Å². The first-order valence-electron chi connectivity index (χ1n) is 7.42. The van der Waals surface area contributed by atoms with E-state index in [0.29, 0.717) is 11.8 Å². The molecule has 2 unspecified atom stereocenters. The Kier molecular flexibility index (Phi) is 5.57. The summed E-state index contributed by atoms with van der Waals surface area (Å²) in [6, 6.07) is 0.439. The fourth-order valence-electron chi connectivity index (χ4n) is 2.80. The first-order valence-corrected chi connectivity index (χ1v) is 8.70. The second kappa shape index (κ2) is 7.20. The quantitative estimate of drug-likeness (QED) is 0.790. The zero-order valence-electron chi connectivity index (χ0n) is 12.0. The molecule has 2 N–H and O–H groups in total. The number of carbonyl (C=O) groups excluding carboxylic acids is 1. The van der Waals surface area contributed by atoms with Crippen LogP contribution < -0.4 is 5.32 Å². The molecule has 2 atom stereocenters. The molecule has 0 bridgehead atoms. The SMILES string of the molecule is CSC1CCCC(NC(=O)N(CCC(=O)O)C2CC2)C1. The van der Waals surface area contributed by atoms with Gasteiger partial charge in [0.2, 0.25) is 0 Å². The maximum absolute atomic E-state index is 12.3. The van der Waals surface area contributed by atoms with Crippen LogP contribution in [0.15, 0.2) is 0 Å². The average molecular weight is 300 g/mol. The number of nitrogens with one attached hydrogen (secondary N) is 1. The normalized spacial score (nSPS) is 26.1. The molecule has 2 aliphatic rings. The Morgan fingerprint density at radius 3 is 2.65 bits per heavy atom. The largest absolute Gasteiger partial charge is 0.481 e. The Labute approximate surface area is 124 Å². The summed E-state index contributed by atoms with van der Waals surface area (Å²) in [5.41, 5.74) is 0. The zero-order chi connectivity index (χ0) is 14.5. The molecular weight excluding hydrogens is 276 g/mol. The Morgan fingerprint density at radius 1 is 1.30 bits per heavy atom. The van der Waals surface area contributed by atoms with E-state index < -0.39 is 5.97 Å². The zero-order valence-corrected chi connectivity index (χ0v) is 12.8. The van der Waals surface area contributed by atoms with E-state index in [1.54, 1.807) is 4.90 Å². The van der Waals surface area contributed by atoms with Crippen molar-refractivity contribution < 1.29 is 14.7 Å². The van der Waals surface area contributed by atoms with Crippen LogP contribution >= 0.6 is 11.8 Å². The van der Waals surface area contributed by atoms with Crippen molar-refractivity contribution in [3.63, 3.8) is 0 Å². The van der Waals surface area contributed by atoms with Crippen LogP contribution in [-0.4, -0.2) is 52.1 Å². The molecule has 114 valence electrons. The number of rotatable bonds is 6. The van der Waals surface area contributed by atoms with E-state index in [9.17, 15) is 9.59 Å². The maximum Gasteiger partial charge on any atom is 0.317 e. The number of carboxylic acids is 1. The highest BCUT2D eigenvalue weighted by Crippen LogP contribution is 2.29. The van der Waals surface area contributed by atoms with Crippen molar-refractivity contribution in [2.24, 2.45) is 0 Å². The molecule has 0 heterocycles. The number of amides is 2. The van der Waals surface area contributed by atoms with Crippen molar-refractivity contribution in [3.05, 3.63) is 0 Å². The second-order valence-electron chi connectivity index (χ2n) is 5.74. The van der Waals surface area contributed by atoms with E-state index in [2.05, 4.69) is 11.6 Å². The minimum absolute atomic E-state index is 0.0298. The van der Waals surface area contributed by atoms with Crippen LogP contribution in [0.4, 0.5) is 4.79 Å². The molecular formula is C14H24N2O3S. The van der Waals surface area contributed by atoms with Crippen LogP contribution in [0.2, 0.25) is 0 Å². The lowest BCUT2D eigenvalue weighted by Gasteiger charge is -2.31. The van der Waals surface area contributed by atoms with Crippen LogP contribution in [0.25, 0.3) is 0 Å². The molecule has 0 aromatic carbocycles. The highest BCUT2D eigenvalue weighted by Gasteiger charge is 2.34. The highest BCUT2D eigenvalue weighted by atomic mass is 32.2. The van der Waals surface area contributed by atoms with Gasteiger partial charge in [-0.1, -0.05) is 6.42 Å². The van der Waals surface area contributed by atoms with Crippen LogP contribution in [0.1, 0.15) is 44.9 Å². The fraction of sp³-hybridized carbons (Fsp3) is 0.857. The molecule has 0 aliphatic heterocycles. The van der Waals surface area contributed by atoms with Crippen molar-refractivity contribution >= 4 is 23.8 Å². The van der Waals surface area contributed by atoms with Crippen LogP contribution in [-0.2, 0) is 4.79 Å². The Bertz CT molecular complexity index is 360. The van der Waals surface area contributed by atoms with Gasteiger partial charge in [-0.2, -0.15) is 11.8 Å². The van der Waals surface area contributed by atoms with Gasteiger partial charge in [0.15, 0.2) is 0 Å². The summed E-state index contributed by atoms with van der Waals surface area (Å²) < 4.78 is 0. The van der Waals surface area contributed by atoms with E-state index in [4.69, 9.17) is 5.11 Å². The van der Waals surface area contributed by atoms with E-state index >= 15 is 0 Å². The molecule has 2 rings (SSSR count). The number of hydrogen-bond acceptors (Lipinski definition) is 3. The number of urea groups is 1. The number of nitrogens with zero attached hydrogens (tertiary/aromatic N) is 1. The van der Waals surface area contributed by atoms with Gasteiger partial charge in [0.1, 0.15) is 0 Å². The minimum Gasteiger partial charge on any atom is -0.481 e. The van der Waals surface area contributed by atoms with E-state index in [1.165, 1.54) is 6.42 Å². The van der Waals surface area contributed by atoms with Crippen molar-refractivity contribution in [1.29, 1.82) is 0 Å². The third kappa shape index (κ3) is 4.58. The van der Waals surface area contributed by atoms with Crippen molar-refractivity contribution in [2.45, 2.75) is 62.3 Å². The first kappa shape index (κ1) is 15.5. The van der Waals surface area contributed by atoms with Gasteiger partial charge in [-0.3, -0.25) is 4.79 Å². The summed E-state index contributed by atoms with van der Waals surface area (Å²) in [5.74, 6) is -0.844. The number of carbonyl (C=O) groups is 2. The molecule has 0 aromatic rings. The van der Waals surface area contributed by atoms with Gasteiger partial charge in [0.05, 0.1) is 6.42 Å². The summed E-state index contributed by atoms with van der Waals surface area (Å²) in [6.45, 7) is 0.324. The molecule has 6 heteroatoms. The van der Waals surface area contributed by atoms with Gasteiger partial charge in [0, 0.05) is 23.9 Å². The molecule has 20 heavy (non-hydrogen) atoms. The lowest BCUT2D eigenvalue weighted by molar-refractivity contribution is -0.137. The maximum atomic E-state index is 12.3. The van der Waals surface area contributed by atoms with Gasteiger partial charge in [0.25, 0.3) is 0 Å². The summed E-state index contributed by atoms with van der Waals surface area (Å²) in [6.07, 6.45) is 8.63. The summed E-state index contributed by atoms with van der Waals surface area (Å²) in [5, 5.41) is 12.5. The first-order chi connectivity index (χ1) is 9.60. The third-order valence-electron chi connectivity index (χ3n) is 4.10. The lowest BCUT2D eigenvalue weighted by Crippen LogP contribution is -2.48. The molecule has 5 nitrogen and oxygen atoms in total. The van der Waals surface area contributed by atoms with E-state index in [0.717, 1.165) is 32.1 Å². The molecule has 2 aliphatic carbocycles. The van der Waals surface area contributed by atoms with Gasteiger partial charge >= 0.3 is 12.0 Å². The molecule has 0 spiro atoms. The second-order valence-corrected chi connectivity index (χ2v) is 6.88. The van der Waals surface area contributed by atoms with E-state index in [-0.39, 0.29) is 24.5 Å². The smallest absolute Gasteiger partial charge is 0.317 e. The lowest BCUT2D eigenvalue weighted by atomic mass is 9.95.